The van der Waals surface area contributed by atoms with E-state index < -0.39 is 23.6 Å². The van der Waals surface area contributed by atoms with Gasteiger partial charge in [-0.2, -0.15) is 18.3 Å². The van der Waals surface area contributed by atoms with Crippen molar-refractivity contribution in [3.8, 4) is 0 Å². The van der Waals surface area contributed by atoms with E-state index in [4.69, 9.17) is 0 Å². The van der Waals surface area contributed by atoms with Crippen LogP contribution >= 0.6 is 0 Å². The van der Waals surface area contributed by atoms with Crippen LogP contribution in [0.25, 0.3) is 0 Å². The number of nitrogens with one attached hydrogen (secondary N) is 2. The first-order valence-electron chi connectivity index (χ1n) is 7.69. The number of carbonyl (C=O) groups is 2. The van der Waals surface area contributed by atoms with E-state index in [1.54, 1.807) is 0 Å². The lowest BCUT2D eigenvalue weighted by Crippen LogP contribution is -2.38. The fraction of sp³-hybridized carbons (Fsp3) is 0.167. The summed E-state index contributed by atoms with van der Waals surface area (Å²) in [5.74, 6) is -1.97. The number of alkyl halides is 3. The minimum Gasteiger partial charge on any atom is -0.347 e. The molecule has 0 atom stereocenters. The Bertz CT molecular complexity index is 790. The number of nitrogens with zero attached hydrogens (tertiary/aromatic N) is 1. The van der Waals surface area contributed by atoms with Crippen LogP contribution in [0.2, 0.25) is 0 Å². The monoisotopic (exact) mass is 363 g/mol. The molecule has 2 N–H and O–H groups in total. The predicted molar refractivity (Wildman–Crippen MR) is 90.3 cm³/mol. The summed E-state index contributed by atoms with van der Waals surface area (Å²) in [6.45, 7) is 0.247. The normalized spacial score (nSPS) is 11.3. The molecule has 0 aromatic heterocycles. The molecule has 0 saturated carbocycles. The summed E-state index contributed by atoms with van der Waals surface area (Å²) < 4.78 is 38.5. The molecule has 0 aliphatic rings. The van der Waals surface area contributed by atoms with Gasteiger partial charge in [-0.15, -0.1) is 0 Å². The molecule has 0 unspecified atom stereocenters. The van der Waals surface area contributed by atoms with Crippen molar-refractivity contribution in [2.75, 3.05) is 6.54 Å². The third kappa shape index (κ3) is 5.73. The number of halogens is 3. The molecule has 0 aliphatic carbocycles. The van der Waals surface area contributed by atoms with Gasteiger partial charge >= 0.3 is 18.0 Å². The third-order valence-electron chi connectivity index (χ3n) is 3.38. The van der Waals surface area contributed by atoms with Crippen molar-refractivity contribution >= 4 is 18.0 Å². The Morgan fingerprint density at radius 3 is 2.31 bits per heavy atom. The molecule has 2 aromatic carbocycles. The molecular weight excluding hydrogens is 347 g/mol. The minimum absolute atomic E-state index is 0.218. The minimum atomic E-state index is -4.54. The molecule has 2 aromatic rings. The van der Waals surface area contributed by atoms with Crippen molar-refractivity contribution in [1.82, 2.24) is 10.7 Å². The number of hydrogen-bond donors (Lipinski definition) is 2. The van der Waals surface area contributed by atoms with E-state index in [0.29, 0.717) is 6.42 Å². The lowest BCUT2D eigenvalue weighted by atomic mass is 10.1. The Morgan fingerprint density at radius 2 is 1.62 bits per heavy atom. The lowest BCUT2D eigenvalue weighted by molar-refractivity contribution is -0.139. The second kappa shape index (κ2) is 8.80. The molecule has 8 heteroatoms. The SMILES string of the molecule is O=C(NCCc1ccccc1)C(=O)N/N=C/c1ccccc1C(F)(F)F. The number of hydrogen-bond acceptors (Lipinski definition) is 3. The highest BCUT2D eigenvalue weighted by atomic mass is 19.4. The highest BCUT2D eigenvalue weighted by Crippen LogP contribution is 2.30. The fourth-order valence-corrected chi connectivity index (χ4v) is 2.12. The van der Waals surface area contributed by atoms with Crippen LogP contribution in [0.15, 0.2) is 59.7 Å². The van der Waals surface area contributed by atoms with Crippen molar-refractivity contribution in [3.63, 3.8) is 0 Å². The van der Waals surface area contributed by atoms with Crippen LogP contribution in [0.4, 0.5) is 13.2 Å². The first-order valence-corrected chi connectivity index (χ1v) is 7.69. The maximum Gasteiger partial charge on any atom is 0.417 e. The molecule has 26 heavy (non-hydrogen) atoms. The molecule has 2 amide bonds. The Labute approximate surface area is 147 Å². The number of amides is 2. The van der Waals surface area contributed by atoms with E-state index in [9.17, 15) is 22.8 Å². The van der Waals surface area contributed by atoms with Crippen LogP contribution < -0.4 is 10.7 Å². The molecule has 0 heterocycles. The second-order valence-electron chi connectivity index (χ2n) is 5.28. The van der Waals surface area contributed by atoms with Crippen LogP contribution in [0.1, 0.15) is 16.7 Å². The van der Waals surface area contributed by atoms with Crippen molar-refractivity contribution < 1.29 is 22.8 Å². The van der Waals surface area contributed by atoms with Crippen LogP contribution in [-0.2, 0) is 22.2 Å². The molecule has 0 radical (unpaired) electrons. The van der Waals surface area contributed by atoms with Gasteiger partial charge in [0.2, 0.25) is 0 Å². The Morgan fingerprint density at radius 1 is 0.962 bits per heavy atom. The van der Waals surface area contributed by atoms with Gasteiger partial charge in [0.1, 0.15) is 0 Å². The maximum absolute atomic E-state index is 12.8. The van der Waals surface area contributed by atoms with E-state index in [0.717, 1.165) is 17.8 Å². The van der Waals surface area contributed by atoms with E-state index in [2.05, 4.69) is 10.4 Å². The Balaban J connectivity index is 1.84. The van der Waals surface area contributed by atoms with E-state index in [-0.39, 0.29) is 12.1 Å². The van der Waals surface area contributed by atoms with Gasteiger partial charge in [0.05, 0.1) is 11.8 Å². The summed E-state index contributed by atoms with van der Waals surface area (Å²) in [6, 6.07) is 14.1. The zero-order valence-corrected chi connectivity index (χ0v) is 13.6. The van der Waals surface area contributed by atoms with E-state index in [1.165, 1.54) is 18.2 Å². The largest absolute Gasteiger partial charge is 0.417 e. The molecule has 0 spiro atoms. The number of benzene rings is 2. The molecule has 0 fully saturated rings. The van der Waals surface area contributed by atoms with Gasteiger partial charge in [-0.3, -0.25) is 9.59 Å². The first-order chi connectivity index (χ1) is 12.4. The Hall–Kier alpha value is -3.16. The van der Waals surface area contributed by atoms with Crippen LogP contribution in [0, 0.1) is 0 Å². The molecule has 136 valence electrons. The van der Waals surface area contributed by atoms with Crippen molar-refractivity contribution in [1.29, 1.82) is 0 Å². The van der Waals surface area contributed by atoms with Gasteiger partial charge in [0.25, 0.3) is 0 Å². The van der Waals surface area contributed by atoms with Gasteiger partial charge in [-0.25, -0.2) is 5.43 Å². The van der Waals surface area contributed by atoms with Crippen molar-refractivity contribution in [2.24, 2.45) is 5.10 Å². The summed E-state index contributed by atoms with van der Waals surface area (Å²) in [6.07, 6.45) is -3.15. The molecule has 0 saturated heterocycles. The fourth-order valence-electron chi connectivity index (χ4n) is 2.12. The zero-order valence-electron chi connectivity index (χ0n) is 13.6. The lowest BCUT2D eigenvalue weighted by Gasteiger charge is -2.09. The zero-order chi connectivity index (χ0) is 19.0. The summed E-state index contributed by atoms with van der Waals surface area (Å²) in [5.41, 5.74) is 1.80. The van der Waals surface area contributed by atoms with Gasteiger partial charge in [0.15, 0.2) is 0 Å². The van der Waals surface area contributed by atoms with Gasteiger partial charge in [-0.1, -0.05) is 48.5 Å². The average Bonchev–Trinajstić information content (AvgIpc) is 2.62. The molecule has 0 bridgehead atoms. The Kier molecular flexibility index (Phi) is 6.48. The standard InChI is InChI=1S/C18H16F3N3O2/c19-18(20,21)15-9-5-4-8-14(15)12-23-24-17(26)16(25)22-11-10-13-6-2-1-3-7-13/h1-9,12H,10-11H2,(H,22,25)(H,24,26)/b23-12+. The summed E-state index contributed by atoms with van der Waals surface area (Å²) in [4.78, 5) is 23.2. The smallest absolute Gasteiger partial charge is 0.347 e. The topological polar surface area (TPSA) is 70.6 Å². The van der Waals surface area contributed by atoms with Crippen LogP contribution in [0.3, 0.4) is 0 Å². The van der Waals surface area contributed by atoms with Gasteiger partial charge < -0.3 is 5.32 Å². The van der Waals surface area contributed by atoms with E-state index in [1.807, 2.05) is 35.8 Å². The van der Waals surface area contributed by atoms with Gasteiger partial charge in [-0.05, 0) is 18.1 Å². The van der Waals surface area contributed by atoms with Crippen molar-refractivity contribution in [2.45, 2.75) is 12.6 Å². The molecule has 5 nitrogen and oxygen atoms in total. The predicted octanol–water partition coefficient (Wildman–Crippen LogP) is 2.51. The second-order valence-corrected chi connectivity index (χ2v) is 5.28. The van der Waals surface area contributed by atoms with Crippen LogP contribution in [0.5, 0.6) is 0 Å². The first kappa shape index (κ1) is 19.2. The van der Waals surface area contributed by atoms with Gasteiger partial charge in [0, 0.05) is 12.1 Å². The number of carbonyl (C=O) groups excluding carboxylic acids is 2. The summed E-state index contributed by atoms with van der Waals surface area (Å²) >= 11 is 0. The molecule has 0 aliphatic heterocycles. The average molecular weight is 363 g/mol. The summed E-state index contributed by atoms with van der Waals surface area (Å²) in [7, 11) is 0. The van der Waals surface area contributed by atoms with Crippen molar-refractivity contribution in [3.05, 3.63) is 71.3 Å². The quantitative estimate of drug-likeness (QED) is 0.487. The third-order valence-corrected chi connectivity index (χ3v) is 3.38. The highest BCUT2D eigenvalue weighted by Gasteiger charge is 2.32. The van der Waals surface area contributed by atoms with E-state index >= 15 is 0 Å². The number of hydrazone groups is 1. The highest BCUT2D eigenvalue weighted by molar-refractivity contribution is 6.35. The molecular formula is C18H16F3N3O2. The molecule has 2 rings (SSSR count). The summed E-state index contributed by atoms with van der Waals surface area (Å²) in [5, 5.41) is 5.83. The maximum atomic E-state index is 12.8. The number of rotatable bonds is 5. The van der Waals surface area contributed by atoms with Crippen LogP contribution in [-0.4, -0.2) is 24.6 Å².